The number of benzene rings is 2. The summed E-state index contributed by atoms with van der Waals surface area (Å²) in [7, 11) is 0. The largest absolute Gasteiger partial charge is 0.508 e. The van der Waals surface area contributed by atoms with Crippen LogP contribution >= 0.6 is 11.6 Å². The van der Waals surface area contributed by atoms with Crippen molar-refractivity contribution in [2.75, 3.05) is 0 Å². The van der Waals surface area contributed by atoms with E-state index in [1.165, 1.54) is 6.07 Å². The maximum absolute atomic E-state index is 13.1. The van der Waals surface area contributed by atoms with Crippen molar-refractivity contribution in [2.24, 2.45) is 0 Å². The molecule has 2 N–H and O–H groups in total. The highest BCUT2D eigenvalue weighted by atomic mass is 35.5. The smallest absolute Gasteiger partial charge is 0.141 e. The minimum atomic E-state index is -0.431. The van der Waals surface area contributed by atoms with Crippen LogP contribution in [0.3, 0.4) is 0 Å². The van der Waals surface area contributed by atoms with Crippen LogP contribution in [0.25, 0.3) is 11.0 Å². The second-order valence-electron chi connectivity index (χ2n) is 4.31. The Hall–Kier alpha value is -2.07. The molecule has 1 heterocycles. The van der Waals surface area contributed by atoms with Gasteiger partial charge < -0.3 is 10.1 Å². The molecule has 96 valence electrons. The number of nitrogens with one attached hydrogen (secondary N) is 1. The highest BCUT2D eigenvalue weighted by Crippen LogP contribution is 2.21. The van der Waals surface area contributed by atoms with Crippen LogP contribution in [0.2, 0.25) is 5.02 Å². The molecular weight excluding hydrogens is 267 g/mol. The number of phenolic OH excluding ortho intramolecular Hbond substituents is 1. The van der Waals surface area contributed by atoms with Crippen LogP contribution < -0.4 is 0 Å². The summed E-state index contributed by atoms with van der Waals surface area (Å²) < 4.78 is 13.1. The molecule has 0 bridgehead atoms. The number of hydrogen-bond acceptors (Lipinski definition) is 2. The highest BCUT2D eigenvalue weighted by molar-refractivity contribution is 6.30. The summed E-state index contributed by atoms with van der Waals surface area (Å²) in [5, 5.41) is 9.49. The monoisotopic (exact) mass is 276 g/mol. The SMILES string of the molecule is Oc1ccc2[nH]c(Cc3ccc(F)c(Cl)c3)nc2c1. The third-order valence-corrected chi connectivity index (χ3v) is 3.16. The van der Waals surface area contributed by atoms with Crippen molar-refractivity contribution in [1.82, 2.24) is 9.97 Å². The Labute approximate surface area is 113 Å². The summed E-state index contributed by atoms with van der Waals surface area (Å²) in [5.74, 6) is 0.485. The molecule has 0 aliphatic carbocycles. The molecule has 0 amide bonds. The molecule has 1 aromatic heterocycles. The van der Waals surface area contributed by atoms with Crippen LogP contribution in [0.4, 0.5) is 4.39 Å². The maximum Gasteiger partial charge on any atom is 0.141 e. The van der Waals surface area contributed by atoms with Crippen molar-refractivity contribution in [2.45, 2.75) is 6.42 Å². The third-order valence-electron chi connectivity index (χ3n) is 2.87. The van der Waals surface area contributed by atoms with Gasteiger partial charge in [0.25, 0.3) is 0 Å². The lowest BCUT2D eigenvalue weighted by Gasteiger charge is -2.00. The number of halogens is 2. The average molecular weight is 277 g/mol. The zero-order valence-corrected chi connectivity index (χ0v) is 10.6. The second-order valence-corrected chi connectivity index (χ2v) is 4.72. The van der Waals surface area contributed by atoms with Gasteiger partial charge in [-0.3, -0.25) is 0 Å². The number of rotatable bonds is 2. The third kappa shape index (κ3) is 2.39. The van der Waals surface area contributed by atoms with E-state index in [-0.39, 0.29) is 10.8 Å². The van der Waals surface area contributed by atoms with Crippen LogP contribution in [0, 0.1) is 5.82 Å². The Morgan fingerprint density at radius 3 is 2.84 bits per heavy atom. The Morgan fingerprint density at radius 2 is 2.05 bits per heavy atom. The van der Waals surface area contributed by atoms with Gasteiger partial charge in [-0.05, 0) is 29.8 Å². The van der Waals surface area contributed by atoms with E-state index < -0.39 is 5.82 Å². The number of fused-ring (bicyclic) bond motifs is 1. The van der Waals surface area contributed by atoms with Crippen molar-refractivity contribution >= 4 is 22.6 Å². The van der Waals surface area contributed by atoms with Crippen LogP contribution in [-0.4, -0.2) is 15.1 Å². The van der Waals surface area contributed by atoms with E-state index in [0.717, 1.165) is 16.9 Å². The van der Waals surface area contributed by atoms with Gasteiger partial charge in [-0.25, -0.2) is 9.37 Å². The molecule has 5 heteroatoms. The van der Waals surface area contributed by atoms with Gasteiger partial charge >= 0.3 is 0 Å². The van der Waals surface area contributed by atoms with Crippen LogP contribution in [0.1, 0.15) is 11.4 Å². The van der Waals surface area contributed by atoms with Gasteiger partial charge in [0.1, 0.15) is 17.4 Å². The van der Waals surface area contributed by atoms with E-state index in [4.69, 9.17) is 11.6 Å². The molecular formula is C14H10ClFN2O. The van der Waals surface area contributed by atoms with Gasteiger partial charge in [0, 0.05) is 12.5 Å². The Bertz CT molecular complexity index is 754. The Kier molecular flexibility index (Phi) is 2.87. The molecule has 0 fully saturated rings. The first-order valence-electron chi connectivity index (χ1n) is 5.73. The minimum Gasteiger partial charge on any atom is -0.508 e. The molecule has 19 heavy (non-hydrogen) atoms. The van der Waals surface area contributed by atoms with Crippen molar-refractivity contribution in [3.05, 3.63) is 58.6 Å². The highest BCUT2D eigenvalue weighted by Gasteiger charge is 2.06. The van der Waals surface area contributed by atoms with Gasteiger partial charge in [-0.1, -0.05) is 17.7 Å². The number of aromatic amines is 1. The fourth-order valence-electron chi connectivity index (χ4n) is 1.97. The number of phenols is 1. The van der Waals surface area contributed by atoms with E-state index in [1.807, 2.05) is 0 Å². The first kappa shape index (κ1) is 12.0. The number of aromatic nitrogens is 2. The van der Waals surface area contributed by atoms with E-state index in [1.54, 1.807) is 30.3 Å². The molecule has 2 aromatic carbocycles. The van der Waals surface area contributed by atoms with E-state index in [9.17, 15) is 9.50 Å². The first-order valence-corrected chi connectivity index (χ1v) is 6.11. The van der Waals surface area contributed by atoms with Crippen LogP contribution in [0.15, 0.2) is 36.4 Å². The quantitative estimate of drug-likeness (QED) is 0.750. The molecule has 0 atom stereocenters. The maximum atomic E-state index is 13.1. The van der Waals surface area contributed by atoms with Gasteiger partial charge in [0.2, 0.25) is 0 Å². The summed E-state index contributed by atoms with van der Waals surface area (Å²) in [6.07, 6.45) is 0.523. The van der Waals surface area contributed by atoms with Crippen molar-refractivity contribution in [3.8, 4) is 5.75 Å². The molecule has 0 aliphatic heterocycles. The zero-order chi connectivity index (χ0) is 13.4. The van der Waals surface area contributed by atoms with Gasteiger partial charge in [-0.15, -0.1) is 0 Å². The van der Waals surface area contributed by atoms with E-state index in [2.05, 4.69) is 9.97 Å². The predicted octanol–water partition coefficient (Wildman–Crippen LogP) is 3.65. The molecule has 0 unspecified atom stereocenters. The summed E-state index contributed by atoms with van der Waals surface area (Å²) in [5.41, 5.74) is 2.42. The predicted molar refractivity (Wildman–Crippen MR) is 72.0 cm³/mol. The lowest BCUT2D eigenvalue weighted by Crippen LogP contribution is -1.91. The average Bonchev–Trinajstić information content (AvgIpc) is 2.75. The summed E-state index contributed by atoms with van der Waals surface area (Å²) in [4.78, 5) is 7.51. The van der Waals surface area contributed by atoms with Crippen molar-refractivity contribution in [1.29, 1.82) is 0 Å². The number of nitrogens with zero attached hydrogens (tertiary/aromatic N) is 1. The zero-order valence-electron chi connectivity index (χ0n) is 9.82. The lowest BCUT2D eigenvalue weighted by molar-refractivity contribution is 0.476. The minimum absolute atomic E-state index is 0.103. The van der Waals surface area contributed by atoms with Gasteiger partial charge in [0.05, 0.1) is 16.1 Å². The Balaban J connectivity index is 1.94. The summed E-state index contributed by atoms with van der Waals surface area (Å²) in [6, 6.07) is 9.55. The Morgan fingerprint density at radius 1 is 1.21 bits per heavy atom. The molecule has 3 aromatic rings. The van der Waals surface area contributed by atoms with E-state index >= 15 is 0 Å². The number of aromatic hydroxyl groups is 1. The summed E-state index contributed by atoms with van der Waals surface area (Å²) >= 11 is 5.74. The molecule has 0 saturated heterocycles. The first-order chi connectivity index (χ1) is 9.11. The van der Waals surface area contributed by atoms with E-state index in [0.29, 0.717) is 11.9 Å². The van der Waals surface area contributed by atoms with Crippen LogP contribution in [0.5, 0.6) is 5.75 Å². The molecule has 3 rings (SSSR count). The topological polar surface area (TPSA) is 48.9 Å². The molecule has 0 radical (unpaired) electrons. The molecule has 3 nitrogen and oxygen atoms in total. The number of hydrogen-bond donors (Lipinski definition) is 2. The molecule has 0 saturated carbocycles. The fourth-order valence-corrected chi connectivity index (χ4v) is 2.18. The van der Waals surface area contributed by atoms with Crippen molar-refractivity contribution < 1.29 is 9.50 Å². The van der Waals surface area contributed by atoms with Crippen molar-refractivity contribution in [3.63, 3.8) is 0 Å². The molecule has 0 aliphatic rings. The van der Waals surface area contributed by atoms with Crippen LogP contribution in [-0.2, 0) is 6.42 Å². The second kappa shape index (κ2) is 4.55. The van der Waals surface area contributed by atoms with Gasteiger partial charge in [-0.2, -0.15) is 0 Å². The number of H-pyrrole nitrogens is 1. The standard InChI is InChI=1S/C14H10ClFN2O/c15-10-5-8(1-3-11(10)16)6-14-17-12-4-2-9(19)7-13(12)18-14/h1-5,7,19H,6H2,(H,17,18). The fraction of sp³-hybridized carbons (Fsp3) is 0.0714. The molecule has 0 spiro atoms. The lowest BCUT2D eigenvalue weighted by atomic mass is 10.1. The number of imidazole rings is 1. The normalized spacial score (nSPS) is 11.1. The summed E-state index contributed by atoms with van der Waals surface area (Å²) in [6.45, 7) is 0. The van der Waals surface area contributed by atoms with Gasteiger partial charge in [0.15, 0.2) is 0 Å².